The minimum Gasteiger partial charge on any atom is -0.303 e. The molecule has 62 valence electrons. The summed E-state index contributed by atoms with van der Waals surface area (Å²) >= 11 is 0. The van der Waals surface area contributed by atoms with Crippen LogP contribution in [0.3, 0.4) is 0 Å². The molecule has 0 aromatic carbocycles. The molecule has 2 rings (SSSR count). The average Bonchev–Trinajstić information content (AvgIpc) is 2.62. The van der Waals surface area contributed by atoms with Gasteiger partial charge in [-0.1, -0.05) is 13.8 Å². The van der Waals surface area contributed by atoms with E-state index in [0.29, 0.717) is 0 Å². The molecule has 0 bridgehead atoms. The standard InChI is InChI=1S/C10H16O/c1-7-8-3-4-10(2,6-11)5-9(7)8/h6-9H,3-5H2,1-2H3. The molecule has 0 N–H and O–H groups in total. The van der Waals surface area contributed by atoms with E-state index in [-0.39, 0.29) is 5.41 Å². The number of rotatable bonds is 1. The van der Waals surface area contributed by atoms with Crippen LogP contribution in [0.2, 0.25) is 0 Å². The van der Waals surface area contributed by atoms with Crippen molar-refractivity contribution in [3.05, 3.63) is 0 Å². The molecule has 2 saturated carbocycles. The highest BCUT2D eigenvalue weighted by Crippen LogP contribution is 2.59. The van der Waals surface area contributed by atoms with Gasteiger partial charge in [0.25, 0.3) is 0 Å². The minimum atomic E-state index is 0.0337. The smallest absolute Gasteiger partial charge is 0.125 e. The van der Waals surface area contributed by atoms with Crippen LogP contribution in [0.15, 0.2) is 0 Å². The van der Waals surface area contributed by atoms with Gasteiger partial charge in [0, 0.05) is 5.41 Å². The van der Waals surface area contributed by atoms with Gasteiger partial charge in [-0.25, -0.2) is 0 Å². The van der Waals surface area contributed by atoms with Gasteiger partial charge in [0.05, 0.1) is 0 Å². The van der Waals surface area contributed by atoms with Crippen LogP contribution >= 0.6 is 0 Å². The van der Waals surface area contributed by atoms with Crippen LogP contribution < -0.4 is 0 Å². The molecule has 0 aromatic heterocycles. The predicted octanol–water partition coefficient (Wildman–Crippen LogP) is 2.26. The lowest BCUT2D eigenvalue weighted by Gasteiger charge is -2.26. The van der Waals surface area contributed by atoms with Crippen molar-refractivity contribution in [3.63, 3.8) is 0 Å². The molecule has 0 spiro atoms. The van der Waals surface area contributed by atoms with Gasteiger partial charge in [-0.15, -0.1) is 0 Å². The lowest BCUT2D eigenvalue weighted by molar-refractivity contribution is -0.117. The van der Waals surface area contributed by atoms with Crippen molar-refractivity contribution >= 4 is 6.29 Å². The summed E-state index contributed by atoms with van der Waals surface area (Å²) in [4.78, 5) is 10.8. The highest BCUT2D eigenvalue weighted by molar-refractivity contribution is 5.59. The Morgan fingerprint density at radius 1 is 1.45 bits per heavy atom. The Hall–Kier alpha value is -0.330. The Labute approximate surface area is 68.2 Å². The first-order chi connectivity index (χ1) is 5.16. The molecule has 0 radical (unpaired) electrons. The fraction of sp³-hybridized carbons (Fsp3) is 0.900. The number of carbonyl (C=O) groups is 1. The second-order valence-corrected chi connectivity index (χ2v) is 4.70. The molecule has 0 saturated heterocycles. The molecular formula is C10H16O. The lowest BCUT2D eigenvalue weighted by atomic mass is 9.77. The first-order valence-electron chi connectivity index (χ1n) is 4.63. The van der Waals surface area contributed by atoms with Gasteiger partial charge in [-0.2, -0.15) is 0 Å². The maximum Gasteiger partial charge on any atom is 0.125 e. The largest absolute Gasteiger partial charge is 0.303 e. The van der Waals surface area contributed by atoms with Crippen LogP contribution in [0.4, 0.5) is 0 Å². The zero-order valence-corrected chi connectivity index (χ0v) is 7.34. The molecule has 2 aliphatic rings. The first kappa shape index (κ1) is 7.33. The van der Waals surface area contributed by atoms with E-state index in [1.165, 1.54) is 12.7 Å². The van der Waals surface area contributed by atoms with Crippen molar-refractivity contribution in [2.24, 2.45) is 23.2 Å². The number of fused-ring (bicyclic) bond motifs is 1. The summed E-state index contributed by atoms with van der Waals surface area (Å²) in [5.74, 6) is 2.78. The van der Waals surface area contributed by atoms with Crippen molar-refractivity contribution < 1.29 is 4.79 Å². The van der Waals surface area contributed by atoms with Crippen LogP contribution in [-0.4, -0.2) is 6.29 Å². The summed E-state index contributed by atoms with van der Waals surface area (Å²) in [5, 5.41) is 0. The Balaban J connectivity index is 2.05. The Morgan fingerprint density at radius 2 is 2.18 bits per heavy atom. The Bertz CT molecular complexity index is 187. The molecule has 11 heavy (non-hydrogen) atoms. The molecule has 1 heteroatoms. The average molecular weight is 152 g/mol. The molecule has 0 heterocycles. The molecule has 4 unspecified atom stereocenters. The van der Waals surface area contributed by atoms with Crippen LogP contribution in [0.1, 0.15) is 33.1 Å². The quantitative estimate of drug-likeness (QED) is 0.527. The van der Waals surface area contributed by atoms with Crippen LogP contribution in [0.25, 0.3) is 0 Å². The molecule has 0 aromatic rings. The van der Waals surface area contributed by atoms with Crippen LogP contribution in [0.5, 0.6) is 0 Å². The molecule has 2 fully saturated rings. The fourth-order valence-electron chi connectivity index (χ4n) is 2.69. The summed E-state index contributed by atoms with van der Waals surface area (Å²) in [6.45, 7) is 4.44. The third-order valence-electron chi connectivity index (χ3n) is 3.80. The summed E-state index contributed by atoms with van der Waals surface area (Å²) in [7, 11) is 0. The van der Waals surface area contributed by atoms with Gasteiger partial charge in [0.15, 0.2) is 0 Å². The van der Waals surface area contributed by atoms with Gasteiger partial charge < -0.3 is 4.79 Å². The number of aldehydes is 1. The van der Waals surface area contributed by atoms with Crippen LogP contribution in [-0.2, 0) is 4.79 Å². The van der Waals surface area contributed by atoms with Crippen molar-refractivity contribution in [3.8, 4) is 0 Å². The summed E-state index contributed by atoms with van der Waals surface area (Å²) in [6.07, 6.45) is 4.75. The van der Waals surface area contributed by atoms with E-state index < -0.39 is 0 Å². The lowest BCUT2D eigenvalue weighted by Crippen LogP contribution is -2.22. The van der Waals surface area contributed by atoms with Gasteiger partial charge in [-0.3, -0.25) is 0 Å². The van der Waals surface area contributed by atoms with Crippen LogP contribution in [0, 0.1) is 23.2 Å². The molecule has 0 aliphatic heterocycles. The van der Waals surface area contributed by atoms with E-state index in [1.807, 2.05) is 0 Å². The van der Waals surface area contributed by atoms with E-state index in [4.69, 9.17) is 0 Å². The SMILES string of the molecule is CC1C2CCC(C)(C=O)CC12. The topological polar surface area (TPSA) is 17.1 Å². The first-order valence-corrected chi connectivity index (χ1v) is 4.63. The fourth-order valence-corrected chi connectivity index (χ4v) is 2.69. The van der Waals surface area contributed by atoms with Crippen molar-refractivity contribution in [1.29, 1.82) is 0 Å². The molecular weight excluding hydrogens is 136 g/mol. The third kappa shape index (κ3) is 1.02. The van der Waals surface area contributed by atoms with Gasteiger partial charge in [0.1, 0.15) is 6.29 Å². The van der Waals surface area contributed by atoms with E-state index in [2.05, 4.69) is 13.8 Å². The van der Waals surface area contributed by atoms with E-state index in [0.717, 1.165) is 30.6 Å². The number of hydrogen-bond acceptors (Lipinski definition) is 1. The number of hydrogen-bond donors (Lipinski definition) is 0. The van der Waals surface area contributed by atoms with Crippen molar-refractivity contribution in [1.82, 2.24) is 0 Å². The monoisotopic (exact) mass is 152 g/mol. The molecule has 4 atom stereocenters. The van der Waals surface area contributed by atoms with Gasteiger partial charge in [0.2, 0.25) is 0 Å². The maximum absolute atomic E-state index is 10.8. The second kappa shape index (κ2) is 2.09. The van der Waals surface area contributed by atoms with E-state index in [9.17, 15) is 4.79 Å². The molecule has 2 aliphatic carbocycles. The highest BCUT2D eigenvalue weighted by atomic mass is 16.1. The summed E-state index contributed by atoms with van der Waals surface area (Å²) in [5.41, 5.74) is 0.0337. The van der Waals surface area contributed by atoms with Gasteiger partial charge in [-0.05, 0) is 37.0 Å². The Morgan fingerprint density at radius 3 is 2.73 bits per heavy atom. The zero-order chi connectivity index (χ0) is 8.06. The number of carbonyl (C=O) groups excluding carboxylic acids is 1. The predicted molar refractivity (Wildman–Crippen MR) is 44.2 cm³/mol. The van der Waals surface area contributed by atoms with E-state index >= 15 is 0 Å². The normalized spacial score (nSPS) is 54.9. The van der Waals surface area contributed by atoms with Crippen molar-refractivity contribution in [2.75, 3.05) is 0 Å². The minimum absolute atomic E-state index is 0.0337. The Kier molecular flexibility index (Phi) is 1.39. The van der Waals surface area contributed by atoms with E-state index in [1.54, 1.807) is 0 Å². The maximum atomic E-state index is 10.8. The van der Waals surface area contributed by atoms with Crippen molar-refractivity contribution in [2.45, 2.75) is 33.1 Å². The molecule has 1 nitrogen and oxygen atoms in total. The van der Waals surface area contributed by atoms with Gasteiger partial charge >= 0.3 is 0 Å². The highest BCUT2D eigenvalue weighted by Gasteiger charge is 2.52. The second-order valence-electron chi connectivity index (χ2n) is 4.70. The molecule has 0 amide bonds. The summed E-state index contributed by atoms with van der Waals surface area (Å²) in [6, 6.07) is 0. The zero-order valence-electron chi connectivity index (χ0n) is 7.34. The summed E-state index contributed by atoms with van der Waals surface area (Å²) < 4.78 is 0. The third-order valence-corrected chi connectivity index (χ3v) is 3.80.